The molecule has 0 aliphatic heterocycles. The highest BCUT2D eigenvalue weighted by molar-refractivity contribution is 6.33. The molecule has 0 radical (unpaired) electrons. The Bertz CT molecular complexity index is 1290. The molecule has 0 aliphatic carbocycles. The average molecular weight is 416 g/mol. The number of amides is 1. The summed E-state index contributed by atoms with van der Waals surface area (Å²) in [6, 6.07) is 22.2. The van der Waals surface area contributed by atoms with Gasteiger partial charge in [-0.15, -0.1) is 0 Å². The van der Waals surface area contributed by atoms with Gasteiger partial charge < -0.3 is 15.3 Å². The highest BCUT2D eigenvalue weighted by Gasteiger charge is 2.22. The molecule has 3 N–H and O–H groups in total. The Morgan fingerprint density at radius 2 is 1.50 bits per heavy atom. The molecule has 148 valence electrons. The fraction of sp³-hybridized carbons (Fsp3) is 0.0870. The first-order chi connectivity index (χ1) is 14.7. The summed E-state index contributed by atoms with van der Waals surface area (Å²) >= 11 is 6.22. The van der Waals surface area contributed by atoms with E-state index in [0.717, 1.165) is 27.9 Å². The first-order valence-electron chi connectivity index (χ1n) is 9.61. The number of aromatic nitrogens is 4. The van der Waals surface area contributed by atoms with Crippen molar-refractivity contribution in [1.29, 1.82) is 0 Å². The number of nitrogens with one attached hydrogen (secondary N) is 3. The van der Waals surface area contributed by atoms with Gasteiger partial charge in [0.1, 0.15) is 11.6 Å². The standard InChI is InChI=1S/C23H18ClN5O/c24-15-8-2-1-7-14(15)23(30)29-20(22-27-18-11-5-6-12-19(18)28-22)13-21-25-16-9-3-4-10-17(16)26-21/h1-12,20H,13H2,(H,25,26)(H,27,28)(H,29,30). The lowest BCUT2D eigenvalue weighted by atomic mass is 10.1. The van der Waals surface area contributed by atoms with Crippen LogP contribution < -0.4 is 5.32 Å². The number of para-hydroxylation sites is 4. The van der Waals surface area contributed by atoms with Crippen LogP contribution in [0.5, 0.6) is 0 Å². The van der Waals surface area contributed by atoms with Gasteiger partial charge in [-0.2, -0.15) is 0 Å². The summed E-state index contributed by atoms with van der Waals surface area (Å²) in [6.07, 6.45) is 0.449. The number of imidazole rings is 2. The van der Waals surface area contributed by atoms with Gasteiger partial charge in [0.15, 0.2) is 0 Å². The van der Waals surface area contributed by atoms with Crippen LogP contribution in [0.15, 0.2) is 72.8 Å². The summed E-state index contributed by atoms with van der Waals surface area (Å²) in [6.45, 7) is 0. The second kappa shape index (κ2) is 7.65. The molecule has 6 nitrogen and oxygen atoms in total. The fourth-order valence-corrected chi connectivity index (χ4v) is 3.75. The Balaban J connectivity index is 1.51. The van der Waals surface area contributed by atoms with E-state index in [4.69, 9.17) is 11.6 Å². The lowest BCUT2D eigenvalue weighted by Gasteiger charge is -2.16. The fourth-order valence-electron chi connectivity index (χ4n) is 3.53. The van der Waals surface area contributed by atoms with Gasteiger partial charge in [-0.25, -0.2) is 9.97 Å². The molecule has 0 aliphatic rings. The minimum absolute atomic E-state index is 0.262. The van der Waals surface area contributed by atoms with E-state index in [1.54, 1.807) is 24.3 Å². The highest BCUT2D eigenvalue weighted by atomic mass is 35.5. The van der Waals surface area contributed by atoms with Gasteiger partial charge in [-0.1, -0.05) is 48.0 Å². The Morgan fingerprint density at radius 3 is 2.20 bits per heavy atom. The SMILES string of the molecule is O=C(NC(Cc1nc2ccccc2[nH]1)c1nc2ccccc2[nH]1)c1ccccc1Cl. The molecule has 3 aromatic carbocycles. The second-order valence-electron chi connectivity index (χ2n) is 7.05. The van der Waals surface area contributed by atoms with E-state index >= 15 is 0 Å². The van der Waals surface area contributed by atoms with Crippen molar-refractivity contribution < 1.29 is 4.79 Å². The minimum atomic E-state index is -0.415. The predicted molar refractivity (Wildman–Crippen MR) is 118 cm³/mol. The van der Waals surface area contributed by atoms with Gasteiger partial charge >= 0.3 is 0 Å². The summed E-state index contributed by atoms with van der Waals surface area (Å²) < 4.78 is 0. The topological polar surface area (TPSA) is 86.5 Å². The highest BCUT2D eigenvalue weighted by Crippen LogP contribution is 2.22. The molecule has 0 fully saturated rings. The number of carbonyl (C=O) groups excluding carboxylic acids is 1. The first kappa shape index (κ1) is 18.4. The number of hydrogen-bond donors (Lipinski definition) is 3. The zero-order valence-electron chi connectivity index (χ0n) is 15.9. The Hall–Kier alpha value is -3.64. The molecule has 7 heteroatoms. The smallest absolute Gasteiger partial charge is 0.253 e. The number of fused-ring (bicyclic) bond motifs is 2. The van der Waals surface area contributed by atoms with Crippen molar-refractivity contribution in [2.24, 2.45) is 0 Å². The van der Waals surface area contributed by atoms with E-state index in [1.807, 2.05) is 48.5 Å². The number of aromatic amines is 2. The normalized spacial score (nSPS) is 12.3. The maximum Gasteiger partial charge on any atom is 0.253 e. The molecule has 1 amide bonds. The van der Waals surface area contributed by atoms with Crippen LogP contribution >= 0.6 is 11.6 Å². The third-order valence-electron chi connectivity index (χ3n) is 5.00. The van der Waals surface area contributed by atoms with E-state index in [-0.39, 0.29) is 5.91 Å². The van der Waals surface area contributed by atoms with Crippen molar-refractivity contribution in [3.8, 4) is 0 Å². The predicted octanol–water partition coefficient (Wildman–Crippen LogP) is 4.81. The van der Waals surface area contributed by atoms with Crippen LogP contribution in [-0.4, -0.2) is 25.8 Å². The third-order valence-corrected chi connectivity index (χ3v) is 5.33. The van der Waals surface area contributed by atoms with Gasteiger partial charge in [-0.05, 0) is 36.4 Å². The van der Waals surface area contributed by atoms with E-state index in [9.17, 15) is 4.79 Å². The van der Waals surface area contributed by atoms with Gasteiger partial charge in [0, 0.05) is 6.42 Å². The molecule has 0 bridgehead atoms. The van der Waals surface area contributed by atoms with Crippen LogP contribution in [-0.2, 0) is 6.42 Å². The van der Waals surface area contributed by atoms with Crippen molar-refractivity contribution in [1.82, 2.24) is 25.3 Å². The molecular formula is C23H18ClN5O. The van der Waals surface area contributed by atoms with E-state index in [2.05, 4.69) is 25.3 Å². The van der Waals surface area contributed by atoms with Gasteiger partial charge in [-0.3, -0.25) is 4.79 Å². The maximum atomic E-state index is 13.0. The number of halogens is 1. The average Bonchev–Trinajstić information content (AvgIpc) is 3.37. The number of nitrogens with zero attached hydrogens (tertiary/aromatic N) is 2. The van der Waals surface area contributed by atoms with Crippen LogP contribution in [0.2, 0.25) is 5.02 Å². The number of rotatable bonds is 5. The summed E-state index contributed by atoms with van der Waals surface area (Å²) in [5, 5.41) is 3.47. The lowest BCUT2D eigenvalue weighted by molar-refractivity contribution is 0.0934. The molecule has 2 aromatic heterocycles. The Kier molecular flexibility index (Phi) is 4.69. The number of benzene rings is 3. The maximum absolute atomic E-state index is 13.0. The van der Waals surface area contributed by atoms with Crippen LogP contribution in [0.1, 0.15) is 28.0 Å². The third kappa shape index (κ3) is 3.53. The molecule has 0 saturated heterocycles. The van der Waals surface area contributed by atoms with Crippen molar-refractivity contribution in [2.45, 2.75) is 12.5 Å². The second-order valence-corrected chi connectivity index (χ2v) is 7.46. The van der Waals surface area contributed by atoms with Crippen molar-refractivity contribution in [3.63, 3.8) is 0 Å². The zero-order valence-corrected chi connectivity index (χ0v) is 16.6. The van der Waals surface area contributed by atoms with E-state index in [0.29, 0.717) is 22.8 Å². The van der Waals surface area contributed by atoms with Gasteiger partial charge in [0.05, 0.1) is 38.7 Å². The number of carbonyl (C=O) groups is 1. The van der Waals surface area contributed by atoms with Crippen molar-refractivity contribution in [3.05, 3.63) is 95.0 Å². The van der Waals surface area contributed by atoms with Crippen LogP contribution in [0.4, 0.5) is 0 Å². The molecule has 0 saturated carbocycles. The summed E-state index contributed by atoms with van der Waals surface area (Å²) in [4.78, 5) is 28.9. The number of H-pyrrole nitrogens is 2. The van der Waals surface area contributed by atoms with E-state index in [1.165, 1.54) is 0 Å². The summed E-state index contributed by atoms with van der Waals surface area (Å²) in [5.74, 6) is 1.17. The van der Waals surface area contributed by atoms with Gasteiger partial charge in [0.2, 0.25) is 0 Å². The quantitative estimate of drug-likeness (QED) is 0.385. The molecule has 30 heavy (non-hydrogen) atoms. The largest absolute Gasteiger partial charge is 0.342 e. The molecule has 1 unspecified atom stereocenters. The molecule has 5 aromatic rings. The summed E-state index contributed by atoms with van der Waals surface area (Å²) in [7, 11) is 0. The van der Waals surface area contributed by atoms with Crippen LogP contribution in [0.3, 0.4) is 0 Å². The molecule has 2 heterocycles. The van der Waals surface area contributed by atoms with Crippen LogP contribution in [0.25, 0.3) is 22.1 Å². The molecular weight excluding hydrogens is 398 g/mol. The minimum Gasteiger partial charge on any atom is -0.342 e. The molecule has 1 atom stereocenters. The Labute approximate surface area is 177 Å². The molecule has 5 rings (SSSR count). The summed E-state index contributed by atoms with van der Waals surface area (Å²) in [5.41, 5.74) is 4.01. The first-order valence-corrected chi connectivity index (χ1v) is 9.99. The zero-order chi connectivity index (χ0) is 20.5. The molecule has 0 spiro atoms. The van der Waals surface area contributed by atoms with Crippen molar-refractivity contribution >= 4 is 39.6 Å². The monoisotopic (exact) mass is 415 g/mol. The van der Waals surface area contributed by atoms with Crippen molar-refractivity contribution in [2.75, 3.05) is 0 Å². The lowest BCUT2D eigenvalue weighted by Crippen LogP contribution is -2.31. The number of hydrogen-bond acceptors (Lipinski definition) is 3. The van der Waals surface area contributed by atoms with Crippen LogP contribution in [0, 0.1) is 0 Å². The Morgan fingerprint density at radius 1 is 0.867 bits per heavy atom. The van der Waals surface area contributed by atoms with E-state index < -0.39 is 6.04 Å². The van der Waals surface area contributed by atoms with Gasteiger partial charge in [0.25, 0.3) is 5.91 Å².